The van der Waals surface area contributed by atoms with Crippen molar-refractivity contribution >= 4 is 70.9 Å². The Kier molecular flexibility index (Phi) is 21.7. The first-order chi connectivity index (χ1) is 31.6. The maximum Gasteiger partial charge on any atom is 0.317 e. The zero-order valence-corrected chi connectivity index (χ0v) is 38.2. The van der Waals surface area contributed by atoms with Gasteiger partial charge in [0.2, 0.25) is 11.8 Å². The Morgan fingerprint density at radius 3 is 2.08 bits per heavy atom. The van der Waals surface area contributed by atoms with Gasteiger partial charge in [0.05, 0.1) is 32.1 Å². The predicted octanol–water partition coefficient (Wildman–Crippen LogP) is -0.227. The van der Waals surface area contributed by atoms with Crippen LogP contribution in [0.2, 0.25) is 0 Å². The van der Waals surface area contributed by atoms with Crippen molar-refractivity contribution in [3.63, 3.8) is 0 Å². The molecule has 0 unspecified atom stereocenters. The summed E-state index contributed by atoms with van der Waals surface area (Å²) < 4.78 is 0. The van der Waals surface area contributed by atoms with Crippen molar-refractivity contribution < 1.29 is 63.3 Å². The Morgan fingerprint density at radius 1 is 0.742 bits per heavy atom. The summed E-state index contributed by atoms with van der Waals surface area (Å²) in [7, 11) is 0. The van der Waals surface area contributed by atoms with Crippen LogP contribution in [0.3, 0.4) is 0 Å². The number of carbonyl (C=O) groups excluding carboxylic acids is 7. The number of rotatable bonds is 23. The third kappa shape index (κ3) is 17.3. The summed E-state index contributed by atoms with van der Waals surface area (Å²) in [5.41, 5.74) is 1.94. The van der Waals surface area contributed by atoms with E-state index in [1.54, 1.807) is 26.8 Å². The van der Waals surface area contributed by atoms with Gasteiger partial charge >= 0.3 is 23.9 Å². The number of fused-ring (bicyclic) bond motifs is 1. The molecule has 3 aliphatic rings. The summed E-state index contributed by atoms with van der Waals surface area (Å²) in [6.45, 7) is 1.95. The highest BCUT2D eigenvalue weighted by Crippen LogP contribution is 2.26. The number of thioether (sulfide) groups is 1. The minimum absolute atomic E-state index is 0.135. The molecule has 1 aromatic carbocycles. The molecule has 3 aliphatic heterocycles. The number of hydrogen-bond acceptors (Lipinski definition) is 14. The minimum Gasteiger partial charge on any atom is -0.481 e. The number of carbonyl (C=O) groups is 10. The molecule has 66 heavy (non-hydrogen) atoms. The van der Waals surface area contributed by atoms with Crippen LogP contribution in [0.1, 0.15) is 60.0 Å². The molecular formula is C44H62N8O13S. The zero-order chi connectivity index (χ0) is 48.2. The summed E-state index contributed by atoms with van der Waals surface area (Å²) in [6.07, 6.45) is 5.34. The van der Waals surface area contributed by atoms with Gasteiger partial charge in [0.25, 0.3) is 11.8 Å². The van der Waals surface area contributed by atoms with Crippen LogP contribution < -0.4 is 16.0 Å². The van der Waals surface area contributed by atoms with Crippen molar-refractivity contribution in [1.29, 1.82) is 0 Å². The Labute approximate surface area is 387 Å². The molecule has 0 spiro atoms. The number of amides is 6. The van der Waals surface area contributed by atoms with Crippen LogP contribution in [0, 0.1) is 11.8 Å². The van der Waals surface area contributed by atoms with Gasteiger partial charge in [-0.05, 0) is 48.8 Å². The molecule has 1 fully saturated rings. The molecule has 4 rings (SSSR count). The van der Waals surface area contributed by atoms with E-state index >= 15 is 0 Å². The average molecular weight is 943 g/mol. The van der Waals surface area contributed by atoms with Crippen LogP contribution >= 0.6 is 11.8 Å². The standard InChI is InChI=1S/C44H62N8O13S/c1-66-22-11-30(42(62)46-25-33(53)23-31(43(63)64)5-2-3-14-52-37(55)8-9-38(52)56)24-36(54)35-7-4-6-32-27-51(15-10-34(32)35)39(57)26-47-44(65)50-17-13-45-12-16-48(28-40(58)59)18-19-49(20-21-50)29-41(60)61/h4,6-9,30-31,45H,2-3,5,10-29H2,1H3,(H,46,62)(H,47,65)(H,58,59)(H,60,61)(H,63,64)/t30-,31-/m1/s1. The molecule has 1 saturated heterocycles. The third-order valence-corrected chi connectivity index (χ3v) is 12.4. The number of aliphatic carboxylic acids is 3. The number of unbranched alkanes of at least 4 members (excludes halogenated alkanes) is 1. The molecular weight excluding hydrogens is 881 g/mol. The SMILES string of the molecule is CSCC[C@H](CC(=O)c1cccc2c1CCN(C(=O)CNC(=O)N1CCNCCN(CC(=O)O)CCN(CC(=O)O)CC1)C2)C(=O)NCC(=O)C[C@@H](CCCCN1C(=O)C=CC1=O)C(=O)O. The lowest BCUT2D eigenvalue weighted by Gasteiger charge is -2.32. The number of hydrogen-bond donors (Lipinski definition) is 6. The van der Waals surface area contributed by atoms with Crippen LogP contribution in [-0.2, 0) is 51.3 Å². The number of urea groups is 1. The predicted molar refractivity (Wildman–Crippen MR) is 240 cm³/mol. The van der Waals surface area contributed by atoms with Gasteiger partial charge < -0.3 is 41.1 Å². The maximum atomic E-state index is 13.8. The molecule has 0 saturated carbocycles. The molecule has 6 amide bonds. The van der Waals surface area contributed by atoms with E-state index < -0.39 is 65.8 Å². The summed E-state index contributed by atoms with van der Waals surface area (Å²) >= 11 is 1.50. The molecule has 0 aliphatic carbocycles. The van der Waals surface area contributed by atoms with E-state index in [4.69, 9.17) is 0 Å². The van der Waals surface area contributed by atoms with E-state index in [9.17, 15) is 63.3 Å². The topological polar surface area (TPSA) is 284 Å². The van der Waals surface area contributed by atoms with Crippen LogP contribution in [0.5, 0.6) is 0 Å². The largest absolute Gasteiger partial charge is 0.481 e. The second-order valence-corrected chi connectivity index (χ2v) is 17.5. The van der Waals surface area contributed by atoms with Gasteiger partial charge in [-0.3, -0.25) is 57.9 Å². The smallest absolute Gasteiger partial charge is 0.317 e. The molecule has 362 valence electrons. The fraction of sp³-hybridized carbons (Fsp3) is 0.591. The first-order valence-corrected chi connectivity index (χ1v) is 23.5. The number of carboxylic acids is 3. The first kappa shape index (κ1) is 52.9. The van der Waals surface area contributed by atoms with Crippen molar-refractivity contribution in [3.05, 3.63) is 47.0 Å². The third-order valence-electron chi connectivity index (χ3n) is 11.7. The van der Waals surface area contributed by atoms with Crippen molar-refractivity contribution in [2.24, 2.45) is 11.8 Å². The van der Waals surface area contributed by atoms with E-state index in [1.165, 1.54) is 28.8 Å². The molecule has 2 atom stereocenters. The summed E-state index contributed by atoms with van der Waals surface area (Å²) in [4.78, 5) is 133. The van der Waals surface area contributed by atoms with Gasteiger partial charge in [-0.15, -0.1) is 0 Å². The van der Waals surface area contributed by atoms with Gasteiger partial charge in [0.1, 0.15) is 0 Å². The van der Waals surface area contributed by atoms with Gasteiger partial charge in [-0.2, -0.15) is 11.8 Å². The lowest BCUT2D eigenvalue weighted by atomic mass is 9.88. The normalized spacial score (nSPS) is 17.3. The van der Waals surface area contributed by atoms with Crippen molar-refractivity contribution in [2.75, 3.05) is 104 Å². The number of nitrogens with zero attached hydrogens (tertiary/aromatic N) is 5. The number of ketones is 2. The Balaban J connectivity index is 1.28. The first-order valence-electron chi connectivity index (χ1n) is 22.1. The fourth-order valence-corrected chi connectivity index (χ4v) is 8.56. The number of nitrogens with one attached hydrogen (secondary N) is 3. The Morgan fingerprint density at radius 2 is 1.41 bits per heavy atom. The fourth-order valence-electron chi connectivity index (χ4n) is 8.04. The average Bonchev–Trinajstić information content (AvgIpc) is 3.60. The molecule has 1 aromatic rings. The van der Waals surface area contributed by atoms with E-state index in [1.807, 2.05) is 12.3 Å². The number of benzene rings is 1. The van der Waals surface area contributed by atoms with E-state index in [2.05, 4.69) is 16.0 Å². The number of carboxylic acid groups (broad SMARTS) is 3. The molecule has 6 N–H and O–H groups in total. The quantitative estimate of drug-likeness (QED) is 0.0470. The van der Waals surface area contributed by atoms with Crippen LogP contribution in [-0.4, -0.2) is 203 Å². The number of imide groups is 1. The molecule has 3 heterocycles. The highest BCUT2D eigenvalue weighted by molar-refractivity contribution is 7.98. The molecule has 0 bridgehead atoms. The Bertz CT molecular complexity index is 1960. The van der Waals surface area contributed by atoms with E-state index in [0.717, 1.165) is 16.0 Å². The second-order valence-electron chi connectivity index (χ2n) is 16.5. The molecule has 0 radical (unpaired) electrons. The molecule has 22 heteroatoms. The van der Waals surface area contributed by atoms with Crippen molar-refractivity contribution in [1.82, 2.24) is 40.4 Å². The number of Topliss-reactive ketones (excluding diaryl/α,β-unsaturated/α-hetero) is 2. The van der Waals surface area contributed by atoms with Crippen molar-refractivity contribution in [3.8, 4) is 0 Å². The second kappa shape index (κ2) is 27.1. The minimum atomic E-state index is -1.17. The highest BCUT2D eigenvalue weighted by Gasteiger charge is 2.30. The monoisotopic (exact) mass is 942 g/mol. The highest BCUT2D eigenvalue weighted by atomic mass is 32.2. The van der Waals surface area contributed by atoms with Gasteiger partial charge in [-0.1, -0.05) is 24.6 Å². The molecule has 21 nitrogen and oxygen atoms in total. The van der Waals surface area contributed by atoms with Gasteiger partial charge in [0.15, 0.2) is 11.6 Å². The van der Waals surface area contributed by atoms with E-state index in [0.29, 0.717) is 63.2 Å². The van der Waals surface area contributed by atoms with Gasteiger partial charge in [-0.25, -0.2) is 4.79 Å². The molecule has 0 aromatic heterocycles. The van der Waals surface area contributed by atoms with Crippen LogP contribution in [0.15, 0.2) is 30.4 Å². The Hall–Kier alpha value is -5.71. The summed E-state index contributed by atoms with van der Waals surface area (Å²) in [6, 6.07) is 4.72. The van der Waals surface area contributed by atoms with Crippen LogP contribution in [0.4, 0.5) is 4.79 Å². The van der Waals surface area contributed by atoms with Crippen LogP contribution in [0.25, 0.3) is 0 Å². The van der Waals surface area contributed by atoms with Crippen molar-refractivity contribution in [2.45, 2.75) is 51.5 Å². The van der Waals surface area contributed by atoms with E-state index in [-0.39, 0.29) is 96.4 Å². The zero-order valence-electron chi connectivity index (χ0n) is 37.4. The van der Waals surface area contributed by atoms with Gasteiger partial charge in [0, 0.05) is 108 Å². The lowest BCUT2D eigenvalue weighted by molar-refractivity contribution is -0.144. The maximum absolute atomic E-state index is 13.8. The summed E-state index contributed by atoms with van der Waals surface area (Å²) in [5.74, 6) is -6.86. The summed E-state index contributed by atoms with van der Waals surface area (Å²) in [5, 5.41) is 36.9. The lowest BCUT2D eigenvalue weighted by Crippen LogP contribution is -2.51.